The number of benzene rings is 7. The van der Waals surface area contributed by atoms with Crippen molar-refractivity contribution in [1.82, 2.24) is 30.7 Å². The predicted octanol–water partition coefficient (Wildman–Crippen LogP) is 10.5. The maximum Gasteiger partial charge on any atom is 0.346 e. The number of phenolic OH excluding ortho intramolecular Hbond substituents is 4. The number of aromatic hydroxyl groups is 4. The summed E-state index contributed by atoms with van der Waals surface area (Å²) in [7, 11) is 0. The summed E-state index contributed by atoms with van der Waals surface area (Å²) in [5.41, 5.74) is 6.79. The monoisotopic (exact) mass is 1740 g/mol. The van der Waals surface area contributed by atoms with Crippen LogP contribution in [0.4, 0.5) is 0 Å². The van der Waals surface area contributed by atoms with Crippen LogP contribution in [0.2, 0.25) is 5.02 Å². The molecule has 2 radical (unpaired) electrons. The summed E-state index contributed by atoms with van der Waals surface area (Å²) in [6.07, 6.45) is 0.342. The summed E-state index contributed by atoms with van der Waals surface area (Å²) in [6.45, 7) is 26.7. The van der Waals surface area contributed by atoms with E-state index in [0.29, 0.717) is 146 Å². The largest absolute Gasteiger partial charge is 0.546 e. The van der Waals surface area contributed by atoms with Gasteiger partial charge in [0.05, 0.1) is 90.2 Å². The maximum absolute atomic E-state index is 13.3. The molecular formula is C85H85ClN6O21Y2-2. The second kappa shape index (κ2) is 41.1. The molecule has 3 amide bonds. The van der Waals surface area contributed by atoms with Crippen molar-refractivity contribution in [3.05, 3.63) is 276 Å². The van der Waals surface area contributed by atoms with E-state index in [1.54, 1.807) is 38.1 Å². The smallest absolute Gasteiger partial charge is 0.346 e. The third-order valence-corrected chi connectivity index (χ3v) is 19.7. The van der Waals surface area contributed by atoms with Crippen molar-refractivity contribution < 1.29 is 146 Å². The molecule has 27 nitrogen and oxygen atoms in total. The molecule has 7 heterocycles. The van der Waals surface area contributed by atoms with Gasteiger partial charge in [-0.1, -0.05) is 95.7 Å². The number of phenols is 4. The molecule has 30 heteroatoms. The number of fused-ring (bicyclic) bond motifs is 4. The van der Waals surface area contributed by atoms with Crippen molar-refractivity contribution in [1.29, 1.82) is 0 Å². The number of morpholine rings is 3. The van der Waals surface area contributed by atoms with Crippen LogP contribution in [-0.4, -0.2) is 151 Å². The van der Waals surface area contributed by atoms with Gasteiger partial charge in [-0.05, 0) is 105 Å². The van der Waals surface area contributed by atoms with Crippen molar-refractivity contribution >= 4 is 85.5 Å². The number of esters is 1. The first kappa shape index (κ1) is 89.1. The Kier molecular flexibility index (Phi) is 31.8. The van der Waals surface area contributed by atoms with Crippen molar-refractivity contribution in [3.63, 3.8) is 0 Å². The SMILES string of the molecule is Cc1c(CN2CCOCC2)c(=O)oc2c(CN3CCOCC3)cc(C(=O)NCc3ccc(Cl)cc3)c(O)c12.Cc1ccc(CNC(=O)c2ccc3oc(=O)c(C=O)cc3c2O)cc1.Cc1ccc(CNC(=O)c2ccc3oc(=O)c(CN4CCOCC4)cc3c2O)cc1.[CH2-]c1c(C)c2c(O)c(C(=O)OCC)cc([CH2-])c2oc1=O.[Y].[Y]. The number of carbonyl (C=O) groups excluding carboxylic acids is 5. The van der Waals surface area contributed by atoms with Gasteiger partial charge < -0.3 is 77.8 Å². The van der Waals surface area contributed by atoms with E-state index in [4.69, 9.17) is 48.2 Å². The van der Waals surface area contributed by atoms with E-state index in [-0.39, 0.29) is 162 Å². The molecule has 3 fully saturated rings. The zero-order chi connectivity index (χ0) is 80.7. The zero-order valence-corrected chi connectivity index (χ0v) is 70.5. The normalized spacial score (nSPS) is 13.7. The van der Waals surface area contributed by atoms with Gasteiger partial charge in [-0.3, -0.25) is 33.9 Å². The van der Waals surface area contributed by atoms with Crippen LogP contribution in [0.15, 0.2) is 158 Å². The van der Waals surface area contributed by atoms with E-state index in [2.05, 4.69) is 44.5 Å². The van der Waals surface area contributed by atoms with E-state index < -0.39 is 46.2 Å². The second-order valence-electron chi connectivity index (χ2n) is 27.2. The fourth-order valence-corrected chi connectivity index (χ4v) is 13.0. The molecule has 14 rings (SSSR count). The van der Waals surface area contributed by atoms with Gasteiger partial charge in [-0.15, -0.1) is 17.2 Å². The average molecular weight is 1740 g/mol. The van der Waals surface area contributed by atoms with Crippen molar-refractivity contribution in [2.24, 2.45) is 0 Å². The Morgan fingerprint density at radius 1 is 0.478 bits per heavy atom. The predicted molar refractivity (Wildman–Crippen MR) is 422 cm³/mol. The number of halogens is 1. The molecular weight excluding hydrogens is 1650 g/mol. The first-order valence-corrected chi connectivity index (χ1v) is 36.8. The number of rotatable bonds is 18. The number of hydrogen-bond donors (Lipinski definition) is 7. The molecule has 4 aromatic heterocycles. The number of carbonyl (C=O) groups is 5. The van der Waals surface area contributed by atoms with E-state index in [1.807, 2.05) is 81.4 Å². The first-order valence-electron chi connectivity index (χ1n) is 36.4. The Bertz CT molecular complexity index is 5640. The van der Waals surface area contributed by atoms with Crippen LogP contribution in [0.25, 0.3) is 43.9 Å². The molecule has 0 atom stereocenters. The van der Waals surface area contributed by atoms with E-state index >= 15 is 0 Å². The molecule has 115 heavy (non-hydrogen) atoms. The number of aryl methyl sites for hydroxylation is 4. The average Bonchev–Trinajstić information content (AvgIpc) is 0.764. The zero-order valence-electron chi connectivity index (χ0n) is 64.1. The molecule has 0 unspecified atom stereocenters. The summed E-state index contributed by atoms with van der Waals surface area (Å²) >= 11 is 5.97. The van der Waals surface area contributed by atoms with Crippen molar-refractivity contribution in [2.75, 3.05) is 85.5 Å². The topological polar surface area (TPSA) is 370 Å². The number of ether oxygens (including phenoxy) is 4. The molecule has 3 saturated heterocycles. The Labute approximate surface area is 715 Å². The molecule has 596 valence electrons. The van der Waals surface area contributed by atoms with E-state index in [1.165, 1.54) is 36.4 Å². The van der Waals surface area contributed by atoms with E-state index in [0.717, 1.165) is 54.0 Å². The summed E-state index contributed by atoms with van der Waals surface area (Å²) in [5.74, 6) is -2.96. The van der Waals surface area contributed by atoms with Crippen molar-refractivity contribution in [2.45, 2.75) is 73.9 Å². The molecule has 0 spiro atoms. The Hall–Kier alpha value is -9.87. The third kappa shape index (κ3) is 22.0. The number of aldehydes is 1. The van der Waals surface area contributed by atoms with Crippen LogP contribution in [0, 0.1) is 41.5 Å². The van der Waals surface area contributed by atoms with Gasteiger partial charge >= 0.3 is 22.8 Å². The fourth-order valence-electron chi connectivity index (χ4n) is 12.9. The Morgan fingerprint density at radius 3 is 1.39 bits per heavy atom. The number of nitrogens with one attached hydrogen (secondary N) is 3. The minimum absolute atomic E-state index is 0. The van der Waals surface area contributed by atoms with Crippen LogP contribution in [0.5, 0.6) is 23.0 Å². The molecule has 0 bridgehead atoms. The minimum Gasteiger partial charge on any atom is -0.546 e. The quantitative estimate of drug-likeness (QED) is 0.0182. The van der Waals surface area contributed by atoms with Gasteiger partial charge in [0.25, 0.3) is 17.7 Å². The maximum atomic E-state index is 13.3. The van der Waals surface area contributed by atoms with Gasteiger partial charge in [-0.2, -0.15) is 19.4 Å². The van der Waals surface area contributed by atoms with Gasteiger partial charge in [0.2, 0.25) is 5.63 Å². The van der Waals surface area contributed by atoms with E-state index in [9.17, 15) is 63.6 Å². The Morgan fingerprint density at radius 2 is 0.904 bits per heavy atom. The Balaban J connectivity index is 0.000000179. The van der Waals surface area contributed by atoms with Crippen LogP contribution < -0.4 is 38.5 Å². The van der Waals surface area contributed by atoms with Crippen LogP contribution in [-0.2, 0) is 124 Å². The van der Waals surface area contributed by atoms with Gasteiger partial charge in [0, 0.05) is 166 Å². The number of nitrogens with zero attached hydrogens (tertiary/aromatic N) is 3. The van der Waals surface area contributed by atoms with Crippen molar-refractivity contribution in [3.8, 4) is 23.0 Å². The first-order chi connectivity index (χ1) is 54.3. The number of hydrogen-bond acceptors (Lipinski definition) is 24. The van der Waals surface area contributed by atoms with Gasteiger partial charge in [0.1, 0.15) is 45.3 Å². The summed E-state index contributed by atoms with van der Waals surface area (Å²) in [6, 6.07) is 34.3. The van der Waals surface area contributed by atoms with Crippen LogP contribution in [0.1, 0.15) is 125 Å². The molecule has 11 aromatic rings. The molecule has 0 aliphatic carbocycles. The third-order valence-electron chi connectivity index (χ3n) is 19.4. The summed E-state index contributed by atoms with van der Waals surface area (Å²) < 4.78 is 42.4. The molecule has 7 aromatic carbocycles. The standard InChI is InChI=1S/C28H32ClN3O6.C23H24N2O5.C19H15NO5.C15H14O5.2Y/c1-18-23(17-32-8-12-37-13-9-32)28(35)38-26-20(16-31-6-10-36-11-7-31)14-22(25(33)24(18)26)27(34)30-15-19-2-4-21(29)5-3-19;1-15-2-4-16(5-3-15)13-24-22(27)18-6-7-20-19(21(18)26)12-17(23(28)30-20)14-25-8-10-29-11-9-25;1-11-2-4-12(5-3-11)9-20-18(23)14-6-7-16-15(17(14)22)8-13(10-21)19(24)25-16;1-5-19-15(18)10-6-7(2)13-11(12(10)16)8(3)9(4)14(17)20-13;;/h2-5,14,33H,6-13,15-17H2,1H3,(H,30,34);2-7,12,26H,8-11,13-14H2,1H3,(H,24,27);2-8,10,22H,9H2,1H3,(H,20,23);6,16H,2,4-5H2,1,3H3;;/q;;;-2;;. The molecule has 3 aliphatic heterocycles. The second-order valence-corrected chi connectivity index (χ2v) is 27.6. The summed E-state index contributed by atoms with van der Waals surface area (Å²) in [4.78, 5) is 116. The summed E-state index contributed by atoms with van der Waals surface area (Å²) in [5, 5.41) is 52.8. The molecule has 7 N–H and O–H groups in total. The number of amides is 3. The molecule has 0 saturated carbocycles. The van der Waals surface area contributed by atoms with Gasteiger partial charge in [-0.25, -0.2) is 19.2 Å². The minimum atomic E-state index is -0.793. The van der Waals surface area contributed by atoms with Crippen LogP contribution in [0.3, 0.4) is 0 Å². The van der Waals surface area contributed by atoms with Crippen LogP contribution >= 0.6 is 11.6 Å². The van der Waals surface area contributed by atoms with Gasteiger partial charge in [0.15, 0.2) is 6.29 Å². The fraction of sp³-hybridized carbons (Fsp3) is 0.282. The molecule has 3 aliphatic rings.